The van der Waals surface area contributed by atoms with Gasteiger partial charge in [0.05, 0.1) is 52.9 Å². The molecule has 3 saturated heterocycles. The normalized spacial score (nSPS) is 29.6. The van der Waals surface area contributed by atoms with E-state index in [9.17, 15) is 30.0 Å². The van der Waals surface area contributed by atoms with Crippen LogP contribution in [0.1, 0.15) is 81.0 Å². The summed E-state index contributed by atoms with van der Waals surface area (Å²) >= 11 is 0. The lowest BCUT2D eigenvalue weighted by Gasteiger charge is -2.51. The van der Waals surface area contributed by atoms with Crippen molar-refractivity contribution in [1.82, 2.24) is 5.32 Å². The molecule has 18 nitrogen and oxygen atoms in total. The fraction of sp³-hybridized carbons (Fsp3) is 0.552. The number of nitrogens with one attached hydrogen (secondary N) is 1. The van der Waals surface area contributed by atoms with E-state index in [-0.39, 0.29) is 45.6 Å². The minimum Gasteiger partial charge on any atom is -0.469 e. The van der Waals surface area contributed by atoms with Crippen molar-refractivity contribution >= 4 is 11.9 Å². The van der Waals surface area contributed by atoms with E-state index in [0.29, 0.717) is 12.8 Å². The van der Waals surface area contributed by atoms with Gasteiger partial charge in [-0.15, -0.1) is 0 Å². The number of carbonyl (C=O) groups is 2. The number of amides is 1. The zero-order valence-corrected chi connectivity index (χ0v) is 43.7. The van der Waals surface area contributed by atoms with E-state index >= 15 is 0 Å². The minimum atomic E-state index is -1.82. The maximum absolute atomic E-state index is 13.4. The Morgan fingerprint density at radius 3 is 1.58 bits per heavy atom. The SMILES string of the molecule is COC(=O)CCCCCCCCO[C@@H]1O[C@H](COCc2ccccc2)[C@@H](O[C@@H]2O[C@H](CO)[C@H](O)[C@H](O)[C@H]2O)[C@H](O[C@@H]2O[C@@H](C)[C@@H](OCc3ccccc3)[C@@H](OCc3ccccc3)[C@@H]2OCc2ccccc2)[C@H]1NC(C)=O. The van der Waals surface area contributed by atoms with E-state index in [2.05, 4.69) is 5.32 Å². The number of esters is 1. The average Bonchev–Trinajstić information content (AvgIpc) is 3.50. The Bertz CT molecular complexity index is 2250. The van der Waals surface area contributed by atoms with Gasteiger partial charge in [-0.25, -0.2) is 0 Å². The molecule has 0 unspecified atom stereocenters. The molecular formula is C58H77NO17. The van der Waals surface area contributed by atoms with Crippen LogP contribution < -0.4 is 5.32 Å². The Morgan fingerprint density at radius 1 is 0.526 bits per heavy atom. The summed E-state index contributed by atoms with van der Waals surface area (Å²) in [6.07, 6.45) is -12.4. The molecule has 0 aromatic heterocycles. The minimum absolute atomic E-state index is 0.111. The van der Waals surface area contributed by atoms with Gasteiger partial charge in [0, 0.05) is 20.0 Å². The molecule has 0 saturated carbocycles. The van der Waals surface area contributed by atoms with E-state index in [1.165, 1.54) is 14.0 Å². The molecule has 76 heavy (non-hydrogen) atoms. The molecule has 3 aliphatic heterocycles. The molecule has 7 rings (SSSR count). The van der Waals surface area contributed by atoms with Crippen molar-refractivity contribution < 1.29 is 82.1 Å². The number of unbranched alkanes of at least 4 members (excludes halogenated alkanes) is 5. The van der Waals surface area contributed by atoms with E-state index in [0.717, 1.165) is 54.4 Å². The molecular weight excluding hydrogens is 983 g/mol. The fourth-order valence-electron chi connectivity index (χ4n) is 9.61. The highest BCUT2D eigenvalue weighted by Gasteiger charge is 2.56. The van der Waals surface area contributed by atoms with Crippen molar-refractivity contribution in [2.75, 3.05) is 26.9 Å². The largest absolute Gasteiger partial charge is 0.469 e. The molecule has 0 spiro atoms. The second kappa shape index (κ2) is 31.0. The quantitative estimate of drug-likeness (QED) is 0.0338. The Morgan fingerprint density at radius 2 is 1.03 bits per heavy atom. The van der Waals surface area contributed by atoms with Gasteiger partial charge in [0.1, 0.15) is 67.1 Å². The number of rotatable bonds is 29. The smallest absolute Gasteiger partial charge is 0.305 e. The molecule has 5 N–H and O–H groups in total. The van der Waals surface area contributed by atoms with E-state index in [4.69, 9.17) is 52.1 Å². The standard InChI is InChI=1S/C58H77NO17/c1-38-51(69-34-41-24-14-9-15-25-41)54(70-35-42-26-16-10-17-27-42)55(71-36-43-28-18-11-19-29-43)58(72-38)76-53-47(59-39(2)61)56(68-31-21-7-5-4-6-20-30-46(62)66-3)74-45(37-67-33-40-22-12-8-13-23-40)52(53)75-57-50(65)49(64)48(63)44(32-60)73-57/h8-19,22-29,38,44-45,47-58,60,63-65H,4-7,20-21,30-37H2,1-3H3,(H,59,61)/t38-,44+,45+,47+,48-,49-,50+,51+,52+,53+,54+,55-,56+,57-,58-/m0/s1. The lowest BCUT2D eigenvalue weighted by Crippen LogP contribution is -2.70. The van der Waals surface area contributed by atoms with Gasteiger partial charge in [0.2, 0.25) is 5.91 Å². The number of hydrogen-bond donors (Lipinski definition) is 5. The molecule has 0 radical (unpaired) electrons. The molecule has 4 aromatic carbocycles. The Labute approximate surface area is 445 Å². The van der Waals surface area contributed by atoms with E-state index < -0.39 is 105 Å². The van der Waals surface area contributed by atoms with Crippen LogP contribution in [0.2, 0.25) is 0 Å². The number of aliphatic hydroxyl groups excluding tert-OH is 4. The van der Waals surface area contributed by atoms with Crippen LogP contribution in [-0.4, -0.2) is 151 Å². The summed E-state index contributed by atoms with van der Waals surface area (Å²) in [5.74, 6) is -0.684. The van der Waals surface area contributed by atoms with Gasteiger partial charge in [-0.3, -0.25) is 9.59 Å². The highest BCUT2D eigenvalue weighted by Crippen LogP contribution is 2.37. The van der Waals surface area contributed by atoms with E-state index in [1.54, 1.807) is 0 Å². The maximum atomic E-state index is 13.4. The zero-order valence-electron chi connectivity index (χ0n) is 43.7. The molecule has 3 fully saturated rings. The lowest BCUT2D eigenvalue weighted by molar-refractivity contribution is -0.379. The Kier molecular flexibility index (Phi) is 24.0. The highest BCUT2D eigenvalue weighted by atomic mass is 16.8. The van der Waals surface area contributed by atoms with Crippen LogP contribution in [-0.2, 0) is 88.1 Å². The van der Waals surface area contributed by atoms with Crippen molar-refractivity contribution in [2.24, 2.45) is 0 Å². The summed E-state index contributed by atoms with van der Waals surface area (Å²) in [4.78, 5) is 25.0. The molecule has 3 heterocycles. The Hall–Kier alpha value is -4.74. The first-order valence-corrected chi connectivity index (χ1v) is 26.5. The van der Waals surface area contributed by atoms with Crippen LogP contribution in [0.5, 0.6) is 0 Å². The van der Waals surface area contributed by atoms with Gasteiger partial charge < -0.3 is 77.8 Å². The van der Waals surface area contributed by atoms with Gasteiger partial charge in [0.15, 0.2) is 18.9 Å². The number of benzene rings is 4. The average molecular weight is 1060 g/mol. The number of aliphatic hydroxyl groups is 4. The summed E-state index contributed by atoms with van der Waals surface area (Å²) in [6, 6.07) is 37.5. The van der Waals surface area contributed by atoms with Gasteiger partial charge in [-0.1, -0.05) is 147 Å². The fourth-order valence-corrected chi connectivity index (χ4v) is 9.61. The molecule has 18 heteroatoms. The molecule has 1 amide bonds. The van der Waals surface area contributed by atoms with Crippen molar-refractivity contribution in [2.45, 2.75) is 177 Å². The first-order chi connectivity index (χ1) is 37.0. The highest BCUT2D eigenvalue weighted by molar-refractivity contribution is 5.73. The predicted octanol–water partition coefficient (Wildman–Crippen LogP) is 5.42. The van der Waals surface area contributed by atoms with Crippen molar-refractivity contribution in [3.05, 3.63) is 144 Å². The topological polar surface area (TPSA) is 229 Å². The summed E-state index contributed by atoms with van der Waals surface area (Å²) in [5.41, 5.74) is 3.58. The van der Waals surface area contributed by atoms with Crippen molar-refractivity contribution in [3.8, 4) is 0 Å². The second-order valence-corrected chi connectivity index (χ2v) is 19.5. The van der Waals surface area contributed by atoms with Crippen molar-refractivity contribution in [1.29, 1.82) is 0 Å². The molecule has 4 aromatic rings. The third kappa shape index (κ3) is 17.4. The number of hydrogen-bond acceptors (Lipinski definition) is 17. The second-order valence-electron chi connectivity index (χ2n) is 19.5. The molecule has 15 atom stereocenters. The zero-order chi connectivity index (χ0) is 53.7. The van der Waals surface area contributed by atoms with Crippen LogP contribution in [0.4, 0.5) is 0 Å². The van der Waals surface area contributed by atoms with Gasteiger partial charge in [-0.05, 0) is 42.0 Å². The monoisotopic (exact) mass is 1060 g/mol. The number of carbonyl (C=O) groups excluding carboxylic acids is 2. The number of ether oxygens (including phenoxy) is 11. The number of methoxy groups -OCH3 is 1. The van der Waals surface area contributed by atoms with Crippen molar-refractivity contribution in [3.63, 3.8) is 0 Å². The molecule has 3 aliphatic rings. The third-order valence-corrected chi connectivity index (χ3v) is 13.7. The first kappa shape index (κ1) is 58.9. The summed E-state index contributed by atoms with van der Waals surface area (Å²) < 4.78 is 71.8. The Balaban J connectivity index is 1.25. The lowest BCUT2D eigenvalue weighted by atomic mass is 9.94. The molecule has 0 bridgehead atoms. The van der Waals surface area contributed by atoms with Crippen LogP contribution in [0.25, 0.3) is 0 Å². The van der Waals surface area contributed by atoms with Crippen LogP contribution in [0.15, 0.2) is 121 Å². The summed E-state index contributed by atoms with van der Waals surface area (Å²) in [5, 5.41) is 46.5. The van der Waals surface area contributed by atoms with Crippen LogP contribution in [0.3, 0.4) is 0 Å². The van der Waals surface area contributed by atoms with E-state index in [1.807, 2.05) is 128 Å². The molecule has 416 valence electrons. The molecule has 0 aliphatic carbocycles. The van der Waals surface area contributed by atoms with Crippen LogP contribution >= 0.6 is 0 Å². The first-order valence-electron chi connectivity index (χ1n) is 26.5. The third-order valence-electron chi connectivity index (χ3n) is 13.7. The van der Waals surface area contributed by atoms with Gasteiger partial charge >= 0.3 is 5.97 Å². The van der Waals surface area contributed by atoms with Gasteiger partial charge in [0.25, 0.3) is 0 Å². The summed E-state index contributed by atoms with van der Waals surface area (Å²) in [7, 11) is 1.39. The van der Waals surface area contributed by atoms with Gasteiger partial charge in [-0.2, -0.15) is 0 Å². The predicted molar refractivity (Wildman–Crippen MR) is 276 cm³/mol. The van der Waals surface area contributed by atoms with Crippen LogP contribution in [0, 0.1) is 0 Å². The maximum Gasteiger partial charge on any atom is 0.305 e. The summed E-state index contributed by atoms with van der Waals surface area (Å²) in [6.45, 7) is 3.29.